The van der Waals surface area contributed by atoms with Crippen molar-refractivity contribution in [2.45, 2.75) is 18.4 Å². The van der Waals surface area contributed by atoms with Gasteiger partial charge in [0.1, 0.15) is 6.61 Å². The summed E-state index contributed by atoms with van der Waals surface area (Å²) in [5.41, 5.74) is 3.46. The number of thioether (sulfide) groups is 1. The van der Waals surface area contributed by atoms with E-state index in [0.29, 0.717) is 6.61 Å². The molecule has 3 rings (SSSR count). The first-order chi connectivity index (χ1) is 13.6. The summed E-state index contributed by atoms with van der Waals surface area (Å²) in [6.07, 6.45) is -0.410. The van der Waals surface area contributed by atoms with Crippen LogP contribution in [0, 0.1) is 6.92 Å². The SMILES string of the molecule is Cc1c(CN2CCN(C)CC2)cccc1SCCOC(=O)Nc1ccccc1. The number of rotatable bonds is 7. The summed E-state index contributed by atoms with van der Waals surface area (Å²) in [4.78, 5) is 18.0. The molecule has 0 aromatic heterocycles. The van der Waals surface area contributed by atoms with E-state index in [1.807, 2.05) is 30.3 Å². The standard InChI is InChI=1S/C22H29N3O2S/c1-18-19(17-25-13-11-24(2)12-14-25)7-6-10-21(18)28-16-15-27-22(26)23-20-8-4-3-5-9-20/h3-10H,11-17H2,1-2H3,(H,23,26). The van der Waals surface area contributed by atoms with E-state index in [1.54, 1.807) is 11.8 Å². The Hall–Kier alpha value is -2.02. The van der Waals surface area contributed by atoms with Crippen LogP contribution in [-0.2, 0) is 11.3 Å². The fourth-order valence-corrected chi connectivity index (χ4v) is 4.10. The average molecular weight is 400 g/mol. The molecular weight excluding hydrogens is 370 g/mol. The van der Waals surface area contributed by atoms with Crippen LogP contribution in [-0.4, -0.2) is 61.5 Å². The summed E-state index contributed by atoms with van der Waals surface area (Å²) >= 11 is 1.74. The van der Waals surface area contributed by atoms with Crippen LogP contribution in [0.1, 0.15) is 11.1 Å². The van der Waals surface area contributed by atoms with Gasteiger partial charge in [0.05, 0.1) is 0 Å². The average Bonchev–Trinajstić information content (AvgIpc) is 2.70. The molecule has 1 heterocycles. The Balaban J connectivity index is 1.43. The second-order valence-corrected chi connectivity index (χ2v) is 8.23. The van der Waals surface area contributed by atoms with Gasteiger partial charge in [-0.2, -0.15) is 0 Å². The number of anilines is 1. The topological polar surface area (TPSA) is 44.8 Å². The van der Waals surface area contributed by atoms with Gasteiger partial charge >= 0.3 is 6.09 Å². The van der Waals surface area contributed by atoms with Crippen molar-refractivity contribution >= 4 is 23.5 Å². The van der Waals surface area contributed by atoms with Gasteiger partial charge in [-0.1, -0.05) is 30.3 Å². The van der Waals surface area contributed by atoms with E-state index in [0.717, 1.165) is 44.2 Å². The number of nitrogens with one attached hydrogen (secondary N) is 1. The molecule has 5 nitrogen and oxygen atoms in total. The molecule has 0 aliphatic carbocycles. The number of likely N-dealkylation sites (N-methyl/N-ethyl adjacent to an activating group) is 1. The molecule has 1 amide bonds. The zero-order valence-electron chi connectivity index (χ0n) is 16.7. The monoisotopic (exact) mass is 399 g/mol. The minimum atomic E-state index is -0.410. The van der Waals surface area contributed by atoms with Crippen LogP contribution in [0.4, 0.5) is 10.5 Å². The normalized spacial score (nSPS) is 15.4. The molecule has 1 saturated heterocycles. The van der Waals surface area contributed by atoms with Crippen LogP contribution in [0.25, 0.3) is 0 Å². The molecule has 1 aliphatic heterocycles. The number of ether oxygens (including phenoxy) is 1. The lowest BCUT2D eigenvalue weighted by molar-refractivity contribution is 0.148. The molecule has 1 N–H and O–H groups in total. The van der Waals surface area contributed by atoms with Crippen LogP contribution in [0.2, 0.25) is 0 Å². The number of hydrogen-bond acceptors (Lipinski definition) is 5. The largest absolute Gasteiger partial charge is 0.448 e. The number of para-hydroxylation sites is 1. The minimum absolute atomic E-state index is 0.380. The van der Waals surface area contributed by atoms with Crippen LogP contribution >= 0.6 is 11.8 Å². The zero-order chi connectivity index (χ0) is 19.8. The molecule has 2 aromatic carbocycles. The number of piperazine rings is 1. The second-order valence-electron chi connectivity index (χ2n) is 7.10. The smallest absolute Gasteiger partial charge is 0.411 e. The highest BCUT2D eigenvalue weighted by Gasteiger charge is 2.15. The quantitative estimate of drug-likeness (QED) is 0.561. The molecule has 0 bridgehead atoms. The molecular formula is C22H29N3O2S. The number of carbonyl (C=O) groups is 1. The Morgan fingerprint density at radius 2 is 1.82 bits per heavy atom. The lowest BCUT2D eigenvalue weighted by Crippen LogP contribution is -2.43. The van der Waals surface area contributed by atoms with Crippen molar-refractivity contribution < 1.29 is 9.53 Å². The van der Waals surface area contributed by atoms with Crippen LogP contribution in [0.3, 0.4) is 0 Å². The predicted molar refractivity (Wildman–Crippen MR) is 116 cm³/mol. The van der Waals surface area contributed by atoms with Crippen molar-refractivity contribution in [2.24, 2.45) is 0 Å². The molecule has 0 unspecified atom stereocenters. The predicted octanol–water partition coefficient (Wildman–Crippen LogP) is 4.08. The molecule has 2 aromatic rings. The maximum Gasteiger partial charge on any atom is 0.411 e. The fourth-order valence-electron chi connectivity index (χ4n) is 3.20. The van der Waals surface area contributed by atoms with Crippen molar-refractivity contribution in [3.63, 3.8) is 0 Å². The van der Waals surface area contributed by atoms with E-state index in [4.69, 9.17) is 4.74 Å². The third-order valence-electron chi connectivity index (χ3n) is 4.98. The first-order valence-electron chi connectivity index (χ1n) is 9.73. The highest BCUT2D eigenvalue weighted by molar-refractivity contribution is 7.99. The van der Waals surface area contributed by atoms with Crippen molar-refractivity contribution in [1.82, 2.24) is 9.80 Å². The molecule has 0 radical (unpaired) electrons. The Kier molecular flexibility index (Phi) is 7.77. The van der Waals surface area contributed by atoms with Gasteiger partial charge in [0.2, 0.25) is 0 Å². The molecule has 0 spiro atoms. The van der Waals surface area contributed by atoms with Gasteiger partial charge in [0.25, 0.3) is 0 Å². The third kappa shape index (κ3) is 6.26. The van der Waals surface area contributed by atoms with E-state index in [1.165, 1.54) is 16.0 Å². The Labute approximate surface area is 172 Å². The summed E-state index contributed by atoms with van der Waals surface area (Å²) in [5, 5.41) is 2.73. The number of amides is 1. The van der Waals surface area contributed by atoms with Gasteiger partial charge in [0, 0.05) is 49.1 Å². The first kappa shape index (κ1) is 20.7. The summed E-state index contributed by atoms with van der Waals surface area (Å²) in [6, 6.07) is 15.8. The van der Waals surface area contributed by atoms with Crippen molar-refractivity contribution in [1.29, 1.82) is 0 Å². The highest BCUT2D eigenvalue weighted by Crippen LogP contribution is 2.26. The number of nitrogens with zero attached hydrogens (tertiary/aromatic N) is 2. The maximum atomic E-state index is 11.8. The third-order valence-corrected chi connectivity index (χ3v) is 6.10. The molecule has 0 atom stereocenters. The van der Waals surface area contributed by atoms with E-state index >= 15 is 0 Å². The van der Waals surface area contributed by atoms with Gasteiger partial charge in [-0.3, -0.25) is 10.2 Å². The molecule has 150 valence electrons. The Bertz CT molecular complexity index is 762. The van der Waals surface area contributed by atoms with Gasteiger partial charge in [-0.15, -0.1) is 11.8 Å². The van der Waals surface area contributed by atoms with Crippen molar-refractivity contribution in [2.75, 3.05) is 50.9 Å². The van der Waals surface area contributed by atoms with E-state index in [9.17, 15) is 4.79 Å². The Morgan fingerprint density at radius 3 is 2.57 bits per heavy atom. The number of hydrogen-bond donors (Lipinski definition) is 1. The maximum absolute atomic E-state index is 11.8. The van der Waals surface area contributed by atoms with Crippen molar-refractivity contribution in [3.8, 4) is 0 Å². The first-order valence-corrected chi connectivity index (χ1v) is 10.7. The molecule has 0 saturated carbocycles. The van der Waals surface area contributed by atoms with Gasteiger partial charge in [-0.25, -0.2) is 4.79 Å². The molecule has 1 aliphatic rings. The van der Waals surface area contributed by atoms with Crippen LogP contribution < -0.4 is 5.32 Å². The summed E-state index contributed by atoms with van der Waals surface area (Å²) in [5.74, 6) is 0.737. The summed E-state index contributed by atoms with van der Waals surface area (Å²) in [7, 11) is 2.18. The minimum Gasteiger partial charge on any atom is -0.448 e. The van der Waals surface area contributed by atoms with Gasteiger partial charge in [-0.05, 0) is 43.3 Å². The van der Waals surface area contributed by atoms with E-state index < -0.39 is 6.09 Å². The van der Waals surface area contributed by atoms with E-state index in [-0.39, 0.29) is 0 Å². The molecule has 6 heteroatoms. The van der Waals surface area contributed by atoms with Gasteiger partial charge in [0.15, 0.2) is 0 Å². The zero-order valence-corrected chi connectivity index (χ0v) is 17.5. The van der Waals surface area contributed by atoms with Gasteiger partial charge < -0.3 is 9.64 Å². The lowest BCUT2D eigenvalue weighted by Gasteiger charge is -2.32. The summed E-state index contributed by atoms with van der Waals surface area (Å²) in [6.45, 7) is 8.09. The Morgan fingerprint density at radius 1 is 1.07 bits per heavy atom. The second kappa shape index (κ2) is 10.5. The van der Waals surface area contributed by atoms with E-state index in [2.05, 4.69) is 47.3 Å². The molecule has 28 heavy (non-hydrogen) atoms. The highest BCUT2D eigenvalue weighted by atomic mass is 32.2. The number of carbonyl (C=O) groups excluding carboxylic acids is 1. The van der Waals surface area contributed by atoms with Crippen LogP contribution in [0.15, 0.2) is 53.4 Å². The molecule has 1 fully saturated rings. The summed E-state index contributed by atoms with van der Waals surface area (Å²) < 4.78 is 5.29. The van der Waals surface area contributed by atoms with Crippen molar-refractivity contribution in [3.05, 3.63) is 59.7 Å². The number of benzene rings is 2. The lowest BCUT2D eigenvalue weighted by atomic mass is 10.1. The fraction of sp³-hybridized carbons (Fsp3) is 0.409. The van der Waals surface area contributed by atoms with Crippen LogP contribution in [0.5, 0.6) is 0 Å².